The SMILES string of the molecule is CCOC(=O)c1ccccc1Nc1c(F)c2c(c(F)c1Nc1ccccc1C(=O)OCC)C(=O)c1ccccc1C2=O. The fourth-order valence-corrected chi connectivity index (χ4v) is 4.73. The van der Waals surface area contributed by atoms with Crippen LogP contribution in [0.2, 0.25) is 0 Å². The van der Waals surface area contributed by atoms with E-state index in [0.29, 0.717) is 0 Å². The molecule has 0 saturated carbocycles. The normalized spacial score (nSPS) is 11.8. The lowest BCUT2D eigenvalue weighted by atomic mass is 9.82. The second-order valence-corrected chi connectivity index (χ2v) is 9.11. The third kappa shape index (κ3) is 4.87. The van der Waals surface area contributed by atoms with Crippen molar-refractivity contribution in [2.24, 2.45) is 0 Å². The Labute approximate surface area is 239 Å². The standard InChI is InChI=1S/C32H24F2N2O6/c1-3-41-31(39)19-13-7-9-15-21(19)35-27-25(33)23-24(30(38)18-12-6-5-11-17(18)29(23)37)26(34)28(27)36-22-16-10-8-14-20(22)32(40)42-4-2/h5-16,35-36H,3-4H2,1-2H3. The minimum absolute atomic E-state index is 0.0162. The molecule has 1 aliphatic carbocycles. The summed E-state index contributed by atoms with van der Waals surface area (Å²) in [5.74, 6) is -5.65. The van der Waals surface area contributed by atoms with Crippen LogP contribution < -0.4 is 10.6 Å². The summed E-state index contributed by atoms with van der Waals surface area (Å²) in [7, 11) is 0. The van der Waals surface area contributed by atoms with Crippen molar-refractivity contribution in [3.63, 3.8) is 0 Å². The molecule has 0 amide bonds. The third-order valence-electron chi connectivity index (χ3n) is 6.61. The van der Waals surface area contributed by atoms with E-state index in [9.17, 15) is 19.2 Å². The summed E-state index contributed by atoms with van der Waals surface area (Å²) in [6.45, 7) is 3.39. The second-order valence-electron chi connectivity index (χ2n) is 9.11. The maximum Gasteiger partial charge on any atom is 0.340 e. The van der Waals surface area contributed by atoms with Gasteiger partial charge in [0.25, 0.3) is 0 Å². The van der Waals surface area contributed by atoms with Crippen LogP contribution in [0.3, 0.4) is 0 Å². The van der Waals surface area contributed by atoms with E-state index in [1.54, 1.807) is 38.1 Å². The Morgan fingerprint density at radius 3 is 1.36 bits per heavy atom. The number of para-hydroxylation sites is 2. The van der Waals surface area contributed by atoms with Gasteiger partial charge in [0, 0.05) is 11.1 Å². The molecule has 2 N–H and O–H groups in total. The number of benzene rings is 4. The fraction of sp³-hybridized carbons (Fsp3) is 0.125. The van der Waals surface area contributed by atoms with Gasteiger partial charge < -0.3 is 20.1 Å². The molecule has 5 rings (SSSR count). The highest BCUT2D eigenvalue weighted by Gasteiger charge is 2.38. The second kappa shape index (κ2) is 11.6. The van der Waals surface area contributed by atoms with E-state index in [-0.39, 0.29) is 46.8 Å². The molecule has 0 bridgehead atoms. The minimum Gasteiger partial charge on any atom is -0.462 e. The van der Waals surface area contributed by atoms with Crippen LogP contribution in [0, 0.1) is 11.6 Å². The molecule has 0 spiro atoms. The quantitative estimate of drug-likeness (QED) is 0.201. The van der Waals surface area contributed by atoms with Gasteiger partial charge in [-0.1, -0.05) is 48.5 Å². The van der Waals surface area contributed by atoms with E-state index >= 15 is 8.78 Å². The number of carbonyl (C=O) groups excluding carboxylic acids is 4. The first-order chi connectivity index (χ1) is 20.3. The summed E-state index contributed by atoms with van der Waals surface area (Å²) in [6.07, 6.45) is 0. The van der Waals surface area contributed by atoms with Crippen molar-refractivity contribution in [2.75, 3.05) is 23.8 Å². The van der Waals surface area contributed by atoms with Crippen LogP contribution in [0.25, 0.3) is 0 Å². The van der Waals surface area contributed by atoms with E-state index in [1.807, 2.05) is 0 Å². The molecule has 42 heavy (non-hydrogen) atoms. The maximum atomic E-state index is 16.5. The van der Waals surface area contributed by atoms with Gasteiger partial charge in [0.1, 0.15) is 11.4 Å². The number of fused-ring (bicyclic) bond motifs is 2. The molecule has 8 nitrogen and oxygen atoms in total. The summed E-state index contributed by atoms with van der Waals surface area (Å²) < 4.78 is 43.2. The number of hydrogen-bond acceptors (Lipinski definition) is 8. The molecule has 0 aliphatic heterocycles. The predicted octanol–water partition coefficient (Wildman–Crippen LogP) is 6.58. The van der Waals surface area contributed by atoms with Crippen molar-refractivity contribution in [3.8, 4) is 0 Å². The zero-order valence-electron chi connectivity index (χ0n) is 22.5. The number of nitrogens with one attached hydrogen (secondary N) is 2. The maximum absolute atomic E-state index is 16.5. The smallest absolute Gasteiger partial charge is 0.340 e. The molecule has 4 aromatic carbocycles. The van der Waals surface area contributed by atoms with Crippen LogP contribution in [0.5, 0.6) is 0 Å². The highest BCUT2D eigenvalue weighted by molar-refractivity contribution is 6.29. The first-order valence-electron chi connectivity index (χ1n) is 13.1. The van der Waals surface area contributed by atoms with E-state index in [4.69, 9.17) is 9.47 Å². The summed E-state index contributed by atoms with van der Waals surface area (Å²) in [4.78, 5) is 52.1. The van der Waals surface area contributed by atoms with Crippen molar-refractivity contribution in [1.82, 2.24) is 0 Å². The Kier molecular flexibility index (Phi) is 7.79. The first kappa shape index (κ1) is 28.2. The molecule has 212 valence electrons. The highest BCUT2D eigenvalue weighted by Crippen LogP contribution is 2.42. The number of halogens is 2. The molecule has 1 aliphatic rings. The molecular weight excluding hydrogens is 546 g/mol. The van der Waals surface area contributed by atoms with E-state index in [1.165, 1.54) is 48.5 Å². The van der Waals surface area contributed by atoms with Gasteiger partial charge in [0.05, 0.1) is 46.8 Å². The topological polar surface area (TPSA) is 111 Å². The minimum atomic E-state index is -1.23. The van der Waals surface area contributed by atoms with Crippen molar-refractivity contribution in [3.05, 3.63) is 118 Å². The summed E-state index contributed by atoms with van der Waals surface area (Å²) >= 11 is 0. The number of ketones is 2. The van der Waals surface area contributed by atoms with Gasteiger partial charge in [-0.05, 0) is 38.1 Å². The molecule has 10 heteroatoms. The Balaban J connectivity index is 1.75. The number of carbonyl (C=O) groups is 4. The zero-order valence-corrected chi connectivity index (χ0v) is 22.5. The average molecular weight is 571 g/mol. The van der Waals surface area contributed by atoms with E-state index in [0.717, 1.165) is 0 Å². The van der Waals surface area contributed by atoms with Gasteiger partial charge >= 0.3 is 11.9 Å². The van der Waals surface area contributed by atoms with Crippen LogP contribution in [-0.2, 0) is 9.47 Å². The van der Waals surface area contributed by atoms with Crippen molar-refractivity contribution in [2.45, 2.75) is 13.8 Å². The van der Waals surface area contributed by atoms with Crippen LogP contribution in [0.4, 0.5) is 31.5 Å². The molecule has 0 heterocycles. The number of hydrogen-bond donors (Lipinski definition) is 2. The van der Waals surface area contributed by atoms with Gasteiger partial charge in [-0.3, -0.25) is 9.59 Å². The molecular formula is C32H24F2N2O6. The van der Waals surface area contributed by atoms with Crippen LogP contribution in [0.1, 0.15) is 66.4 Å². The number of anilines is 4. The lowest BCUT2D eigenvalue weighted by Gasteiger charge is -2.24. The highest BCUT2D eigenvalue weighted by atomic mass is 19.1. The van der Waals surface area contributed by atoms with E-state index in [2.05, 4.69) is 10.6 Å². The van der Waals surface area contributed by atoms with Crippen LogP contribution >= 0.6 is 0 Å². The molecule has 4 aromatic rings. The molecule has 0 saturated heterocycles. The van der Waals surface area contributed by atoms with Gasteiger partial charge in [-0.15, -0.1) is 0 Å². The zero-order chi connectivity index (χ0) is 30.0. The van der Waals surface area contributed by atoms with E-state index < -0.39 is 57.6 Å². The Morgan fingerprint density at radius 1 is 0.619 bits per heavy atom. The average Bonchev–Trinajstić information content (AvgIpc) is 3.00. The Hall–Kier alpha value is -5.38. The largest absolute Gasteiger partial charge is 0.462 e. The number of esters is 2. The van der Waals surface area contributed by atoms with Crippen LogP contribution in [-0.4, -0.2) is 36.7 Å². The van der Waals surface area contributed by atoms with Crippen molar-refractivity contribution in [1.29, 1.82) is 0 Å². The molecule has 0 atom stereocenters. The first-order valence-corrected chi connectivity index (χ1v) is 13.1. The molecule has 0 radical (unpaired) electrons. The third-order valence-corrected chi connectivity index (χ3v) is 6.61. The summed E-state index contributed by atoms with van der Waals surface area (Å²) in [5.41, 5.74) is -2.65. The Morgan fingerprint density at radius 2 is 0.976 bits per heavy atom. The fourth-order valence-electron chi connectivity index (χ4n) is 4.73. The van der Waals surface area contributed by atoms with Gasteiger partial charge in [0.15, 0.2) is 23.2 Å². The van der Waals surface area contributed by atoms with Gasteiger partial charge in [-0.2, -0.15) is 0 Å². The van der Waals surface area contributed by atoms with Crippen molar-refractivity contribution >= 4 is 46.3 Å². The molecule has 0 aromatic heterocycles. The van der Waals surface area contributed by atoms with Gasteiger partial charge in [0.2, 0.25) is 0 Å². The lowest BCUT2D eigenvalue weighted by Crippen LogP contribution is -2.25. The summed E-state index contributed by atoms with van der Waals surface area (Å²) in [5, 5.41) is 5.47. The number of ether oxygens (including phenoxy) is 2. The molecule has 0 unspecified atom stereocenters. The van der Waals surface area contributed by atoms with Crippen molar-refractivity contribution < 1.29 is 37.4 Å². The Bertz CT molecular complexity index is 1640. The van der Waals surface area contributed by atoms with Gasteiger partial charge in [-0.25, -0.2) is 18.4 Å². The lowest BCUT2D eigenvalue weighted by molar-refractivity contribution is 0.0518. The summed E-state index contributed by atoms with van der Waals surface area (Å²) in [6, 6.07) is 17.8. The monoisotopic (exact) mass is 570 g/mol. The molecule has 0 fully saturated rings. The number of rotatable bonds is 8. The predicted molar refractivity (Wildman–Crippen MR) is 151 cm³/mol. The van der Waals surface area contributed by atoms with Crippen LogP contribution in [0.15, 0.2) is 72.8 Å².